The standard InChI is InChI=1S/C12H13ClN2OS/c1-16-7-6-14-12-15-11(8-17-12)9-2-4-10(13)5-3-9/h2-5,8H,6-7H2,1H3,(H,14,15). The van der Waals surface area contributed by atoms with Gasteiger partial charge in [-0.25, -0.2) is 4.98 Å². The molecule has 0 amide bonds. The molecule has 0 fully saturated rings. The van der Waals surface area contributed by atoms with Crippen LogP contribution in [0.4, 0.5) is 5.13 Å². The summed E-state index contributed by atoms with van der Waals surface area (Å²) in [5.41, 5.74) is 2.04. The van der Waals surface area contributed by atoms with Crippen LogP contribution in [0.1, 0.15) is 0 Å². The summed E-state index contributed by atoms with van der Waals surface area (Å²) in [6.07, 6.45) is 0. The van der Waals surface area contributed by atoms with E-state index >= 15 is 0 Å². The highest BCUT2D eigenvalue weighted by molar-refractivity contribution is 7.14. The molecule has 1 aromatic heterocycles. The molecule has 2 rings (SSSR count). The molecule has 1 N–H and O–H groups in total. The number of nitrogens with zero attached hydrogens (tertiary/aromatic N) is 1. The van der Waals surface area contributed by atoms with E-state index in [1.807, 2.05) is 29.6 Å². The fraction of sp³-hybridized carbons (Fsp3) is 0.250. The largest absolute Gasteiger partial charge is 0.383 e. The van der Waals surface area contributed by atoms with Crippen LogP contribution < -0.4 is 5.32 Å². The number of methoxy groups -OCH3 is 1. The second-order valence-electron chi connectivity index (χ2n) is 3.46. The number of nitrogens with one attached hydrogen (secondary N) is 1. The minimum Gasteiger partial charge on any atom is -0.383 e. The molecule has 0 saturated carbocycles. The van der Waals surface area contributed by atoms with Crippen LogP contribution in [0.2, 0.25) is 5.02 Å². The summed E-state index contributed by atoms with van der Waals surface area (Å²) in [4.78, 5) is 4.49. The highest BCUT2D eigenvalue weighted by Gasteiger charge is 2.03. The molecule has 0 aliphatic heterocycles. The lowest BCUT2D eigenvalue weighted by Gasteiger charge is -2.00. The van der Waals surface area contributed by atoms with Gasteiger partial charge in [-0.15, -0.1) is 11.3 Å². The number of benzene rings is 1. The average molecular weight is 269 g/mol. The number of ether oxygens (including phenoxy) is 1. The molecule has 1 heterocycles. The first-order valence-electron chi connectivity index (χ1n) is 5.24. The minimum atomic E-state index is 0.676. The monoisotopic (exact) mass is 268 g/mol. The Hall–Kier alpha value is -1.10. The summed E-state index contributed by atoms with van der Waals surface area (Å²) < 4.78 is 4.97. The quantitative estimate of drug-likeness (QED) is 0.843. The molecule has 0 aliphatic carbocycles. The Morgan fingerprint density at radius 3 is 2.82 bits per heavy atom. The minimum absolute atomic E-state index is 0.676. The van der Waals surface area contributed by atoms with Gasteiger partial charge in [0, 0.05) is 29.6 Å². The van der Waals surface area contributed by atoms with E-state index in [0.717, 1.165) is 28.0 Å². The molecular weight excluding hydrogens is 256 g/mol. The number of hydrogen-bond acceptors (Lipinski definition) is 4. The lowest BCUT2D eigenvalue weighted by Crippen LogP contribution is -2.06. The Bertz CT molecular complexity index is 470. The van der Waals surface area contributed by atoms with Crippen LogP contribution in [0.25, 0.3) is 11.3 Å². The van der Waals surface area contributed by atoms with Crippen molar-refractivity contribution in [3.63, 3.8) is 0 Å². The lowest BCUT2D eigenvalue weighted by molar-refractivity contribution is 0.211. The van der Waals surface area contributed by atoms with E-state index in [0.29, 0.717) is 6.61 Å². The molecule has 2 aromatic rings. The Morgan fingerprint density at radius 1 is 1.35 bits per heavy atom. The number of halogens is 1. The Labute approximate surface area is 109 Å². The Balaban J connectivity index is 2.04. The summed E-state index contributed by atoms with van der Waals surface area (Å²) in [6, 6.07) is 7.68. The third-order valence-corrected chi connectivity index (χ3v) is 3.28. The number of aromatic nitrogens is 1. The summed E-state index contributed by atoms with van der Waals surface area (Å²) in [5.74, 6) is 0. The lowest BCUT2D eigenvalue weighted by atomic mass is 10.2. The van der Waals surface area contributed by atoms with E-state index in [1.54, 1.807) is 18.4 Å². The van der Waals surface area contributed by atoms with Crippen LogP contribution >= 0.6 is 22.9 Å². The van der Waals surface area contributed by atoms with E-state index in [-0.39, 0.29) is 0 Å². The van der Waals surface area contributed by atoms with E-state index in [4.69, 9.17) is 16.3 Å². The van der Waals surface area contributed by atoms with E-state index in [2.05, 4.69) is 10.3 Å². The van der Waals surface area contributed by atoms with Crippen LogP contribution in [-0.2, 0) is 4.74 Å². The van der Waals surface area contributed by atoms with E-state index in [1.165, 1.54) is 0 Å². The zero-order valence-electron chi connectivity index (χ0n) is 9.44. The second-order valence-corrected chi connectivity index (χ2v) is 4.76. The van der Waals surface area contributed by atoms with Crippen LogP contribution in [0.3, 0.4) is 0 Å². The second kappa shape index (κ2) is 6.00. The molecule has 0 aliphatic rings. The highest BCUT2D eigenvalue weighted by Crippen LogP contribution is 2.25. The summed E-state index contributed by atoms with van der Waals surface area (Å²) in [5, 5.41) is 6.88. The molecule has 0 saturated heterocycles. The van der Waals surface area contributed by atoms with Gasteiger partial charge in [-0.2, -0.15) is 0 Å². The third kappa shape index (κ3) is 3.43. The van der Waals surface area contributed by atoms with Crippen molar-refractivity contribution in [3.8, 4) is 11.3 Å². The third-order valence-electron chi connectivity index (χ3n) is 2.23. The SMILES string of the molecule is COCCNc1nc(-c2ccc(Cl)cc2)cs1. The van der Waals surface area contributed by atoms with Gasteiger partial charge in [-0.1, -0.05) is 23.7 Å². The topological polar surface area (TPSA) is 34.1 Å². The van der Waals surface area contributed by atoms with Gasteiger partial charge in [0.1, 0.15) is 0 Å². The maximum absolute atomic E-state index is 5.84. The molecule has 0 spiro atoms. The van der Waals surface area contributed by atoms with Gasteiger partial charge in [0.2, 0.25) is 0 Å². The number of hydrogen-bond donors (Lipinski definition) is 1. The van der Waals surface area contributed by atoms with Gasteiger partial charge < -0.3 is 10.1 Å². The Morgan fingerprint density at radius 2 is 2.12 bits per heavy atom. The van der Waals surface area contributed by atoms with Crippen molar-refractivity contribution in [2.24, 2.45) is 0 Å². The van der Waals surface area contributed by atoms with Crippen LogP contribution in [0.15, 0.2) is 29.6 Å². The highest BCUT2D eigenvalue weighted by atomic mass is 35.5. The first-order valence-corrected chi connectivity index (χ1v) is 6.49. The van der Waals surface area contributed by atoms with Crippen molar-refractivity contribution in [2.75, 3.05) is 25.6 Å². The molecule has 5 heteroatoms. The van der Waals surface area contributed by atoms with Crippen molar-refractivity contribution in [1.29, 1.82) is 0 Å². The zero-order valence-corrected chi connectivity index (χ0v) is 11.0. The maximum Gasteiger partial charge on any atom is 0.183 e. The van der Waals surface area contributed by atoms with Gasteiger partial charge in [0.05, 0.1) is 12.3 Å². The maximum atomic E-state index is 5.84. The van der Waals surface area contributed by atoms with Gasteiger partial charge in [0.15, 0.2) is 5.13 Å². The van der Waals surface area contributed by atoms with Crippen LogP contribution in [0, 0.1) is 0 Å². The van der Waals surface area contributed by atoms with Crippen molar-refractivity contribution < 1.29 is 4.74 Å². The predicted octanol–water partition coefficient (Wildman–Crippen LogP) is 3.52. The molecule has 0 atom stereocenters. The van der Waals surface area contributed by atoms with Gasteiger partial charge >= 0.3 is 0 Å². The van der Waals surface area contributed by atoms with Gasteiger partial charge in [-0.05, 0) is 12.1 Å². The predicted molar refractivity (Wildman–Crippen MR) is 72.9 cm³/mol. The van der Waals surface area contributed by atoms with Crippen LogP contribution in [0.5, 0.6) is 0 Å². The molecule has 0 bridgehead atoms. The van der Waals surface area contributed by atoms with Crippen molar-refractivity contribution >= 4 is 28.1 Å². The van der Waals surface area contributed by atoms with Crippen molar-refractivity contribution in [3.05, 3.63) is 34.7 Å². The van der Waals surface area contributed by atoms with Gasteiger partial charge in [0.25, 0.3) is 0 Å². The average Bonchev–Trinajstić information content (AvgIpc) is 2.79. The summed E-state index contributed by atoms with van der Waals surface area (Å²) in [6.45, 7) is 1.44. The molecule has 17 heavy (non-hydrogen) atoms. The fourth-order valence-corrected chi connectivity index (χ4v) is 2.24. The van der Waals surface area contributed by atoms with E-state index in [9.17, 15) is 0 Å². The fourth-order valence-electron chi connectivity index (χ4n) is 1.37. The molecule has 3 nitrogen and oxygen atoms in total. The summed E-state index contributed by atoms with van der Waals surface area (Å²) in [7, 11) is 1.68. The Kier molecular flexibility index (Phi) is 4.36. The van der Waals surface area contributed by atoms with Crippen LogP contribution in [-0.4, -0.2) is 25.2 Å². The number of thiazole rings is 1. The van der Waals surface area contributed by atoms with E-state index < -0.39 is 0 Å². The first-order chi connectivity index (χ1) is 8.29. The molecule has 1 aromatic carbocycles. The van der Waals surface area contributed by atoms with Crippen molar-refractivity contribution in [1.82, 2.24) is 4.98 Å². The molecular formula is C12H13ClN2OS. The number of anilines is 1. The molecule has 0 radical (unpaired) electrons. The molecule has 0 unspecified atom stereocenters. The summed E-state index contributed by atoms with van der Waals surface area (Å²) >= 11 is 7.43. The molecule has 90 valence electrons. The number of rotatable bonds is 5. The first kappa shape index (κ1) is 12.4. The van der Waals surface area contributed by atoms with Gasteiger partial charge in [-0.3, -0.25) is 0 Å². The zero-order chi connectivity index (χ0) is 12.1. The van der Waals surface area contributed by atoms with Crippen molar-refractivity contribution in [2.45, 2.75) is 0 Å². The smallest absolute Gasteiger partial charge is 0.183 e. The normalized spacial score (nSPS) is 10.5.